The third-order valence-electron chi connectivity index (χ3n) is 4.23. The van der Waals surface area contributed by atoms with E-state index < -0.39 is 5.97 Å². The zero-order valence-electron chi connectivity index (χ0n) is 13.9. The maximum atomic E-state index is 12.1. The number of nitrogens with zero attached hydrogens (tertiary/aromatic N) is 2. The summed E-state index contributed by atoms with van der Waals surface area (Å²) < 4.78 is 10.4. The quantitative estimate of drug-likeness (QED) is 0.667. The van der Waals surface area contributed by atoms with Crippen molar-refractivity contribution in [2.24, 2.45) is 0 Å². The van der Waals surface area contributed by atoms with E-state index in [2.05, 4.69) is 15.5 Å². The highest BCUT2D eigenvalue weighted by molar-refractivity contribution is 5.95. The number of aryl methyl sites for hydroxylation is 1. The lowest BCUT2D eigenvalue weighted by molar-refractivity contribution is -0.116. The number of carboxylic acid groups (broad SMARTS) is 1. The van der Waals surface area contributed by atoms with E-state index in [-0.39, 0.29) is 11.7 Å². The molecule has 3 aromatic rings. The standard InChI is InChI=1S/C18H17N3O5/c22-15(2-1-3-16-20-17(21-26-16)10-4-5-10)19-12-6-7-13-11(8-12)9-14(25-13)18(23)24/h6-10H,1-5H2,(H,19,22)(H,23,24). The molecule has 1 aliphatic rings. The molecular formula is C18H17N3O5. The largest absolute Gasteiger partial charge is 0.475 e. The van der Waals surface area contributed by atoms with Gasteiger partial charge in [-0.1, -0.05) is 5.16 Å². The second-order valence-corrected chi connectivity index (χ2v) is 6.39. The van der Waals surface area contributed by atoms with Gasteiger partial charge in [0.25, 0.3) is 0 Å². The molecule has 8 nitrogen and oxygen atoms in total. The number of hydrogen-bond donors (Lipinski definition) is 2. The lowest BCUT2D eigenvalue weighted by Crippen LogP contribution is -2.11. The lowest BCUT2D eigenvalue weighted by atomic mass is 10.2. The minimum atomic E-state index is -1.13. The molecule has 1 saturated carbocycles. The van der Waals surface area contributed by atoms with Crippen molar-refractivity contribution in [3.8, 4) is 0 Å². The van der Waals surface area contributed by atoms with Crippen molar-refractivity contribution in [1.82, 2.24) is 10.1 Å². The van der Waals surface area contributed by atoms with Gasteiger partial charge in [0.1, 0.15) is 5.58 Å². The van der Waals surface area contributed by atoms with Crippen LogP contribution in [0.2, 0.25) is 0 Å². The summed E-state index contributed by atoms with van der Waals surface area (Å²) >= 11 is 0. The van der Waals surface area contributed by atoms with Crippen LogP contribution in [-0.2, 0) is 11.2 Å². The van der Waals surface area contributed by atoms with Crippen molar-refractivity contribution in [3.63, 3.8) is 0 Å². The predicted molar refractivity (Wildman–Crippen MR) is 91.0 cm³/mol. The van der Waals surface area contributed by atoms with E-state index in [1.165, 1.54) is 6.07 Å². The van der Waals surface area contributed by atoms with E-state index in [0.717, 1.165) is 18.7 Å². The highest BCUT2D eigenvalue weighted by atomic mass is 16.5. The Kier molecular flexibility index (Phi) is 4.16. The van der Waals surface area contributed by atoms with Gasteiger partial charge in [-0.05, 0) is 43.5 Å². The van der Waals surface area contributed by atoms with Crippen LogP contribution in [-0.4, -0.2) is 27.1 Å². The highest BCUT2D eigenvalue weighted by Crippen LogP contribution is 2.38. The molecule has 134 valence electrons. The van der Waals surface area contributed by atoms with Gasteiger partial charge < -0.3 is 19.4 Å². The van der Waals surface area contributed by atoms with Gasteiger partial charge in [-0.3, -0.25) is 4.79 Å². The second kappa shape index (κ2) is 6.62. The molecule has 0 saturated heterocycles. The van der Waals surface area contributed by atoms with Crippen LogP contribution in [0.1, 0.15) is 53.9 Å². The summed E-state index contributed by atoms with van der Waals surface area (Å²) in [4.78, 5) is 27.3. The summed E-state index contributed by atoms with van der Waals surface area (Å²) in [6.45, 7) is 0. The summed E-state index contributed by atoms with van der Waals surface area (Å²) in [5, 5.41) is 16.3. The van der Waals surface area contributed by atoms with Crippen LogP contribution in [0, 0.1) is 0 Å². The molecule has 4 rings (SSSR count). The number of carbonyl (C=O) groups is 2. The molecule has 0 unspecified atom stereocenters. The molecule has 2 heterocycles. The molecule has 0 bridgehead atoms. The number of carboxylic acids is 1. The number of amides is 1. The normalized spacial score (nSPS) is 13.8. The van der Waals surface area contributed by atoms with Gasteiger partial charge in [0.15, 0.2) is 5.82 Å². The van der Waals surface area contributed by atoms with Crippen molar-refractivity contribution in [1.29, 1.82) is 0 Å². The average Bonchev–Trinajstić information content (AvgIpc) is 3.19. The molecule has 2 N–H and O–H groups in total. The first-order valence-corrected chi connectivity index (χ1v) is 8.48. The van der Waals surface area contributed by atoms with E-state index in [9.17, 15) is 9.59 Å². The SMILES string of the molecule is O=C(CCCc1nc(C2CC2)no1)Nc1ccc2oc(C(=O)O)cc2c1. The zero-order chi connectivity index (χ0) is 18.1. The zero-order valence-corrected chi connectivity index (χ0v) is 13.9. The number of aromatic nitrogens is 2. The Bertz CT molecular complexity index is 970. The minimum absolute atomic E-state index is 0.131. The van der Waals surface area contributed by atoms with Gasteiger partial charge in [-0.15, -0.1) is 0 Å². The number of rotatable bonds is 7. The van der Waals surface area contributed by atoms with E-state index in [1.54, 1.807) is 18.2 Å². The molecule has 26 heavy (non-hydrogen) atoms. The minimum Gasteiger partial charge on any atom is -0.475 e. The monoisotopic (exact) mass is 355 g/mol. The van der Waals surface area contributed by atoms with Crippen LogP contribution >= 0.6 is 0 Å². The van der Waals surface area contributed by atoms with Crippen LogP contribution in [0.4, 0.5) is 5.69 Å². The Morgan fingerprint density at radius 1 is 1.27 bits per heavy atom. The van der Waals surface area contributed by atoms with Gasteiger partial charge >= 0.3 is 5.97 Å². The number of carbonyl (C=O) groups excluding carboxylic acids is 1. The molecule has 1 aliphatic carbocycles. The van der Waals surface area contributed by atoms with Gasteiger partial charge in [0.05, 0.1) is 0 Å². The van der Waals surface area contributed by atoms with Crippen molar-refractivity contribution in [2.75, 3.05) is 5.32 Å². The summed E-state index contributed by atoms with van der Waals surface area (Å²) in [5.41, 5.74) is 1.05. The van der Waals surface area contributed by atoms with Gasteiger partial charge in [-0.2, -0.15) is 4.98 Å². The topological polar surface area (TPSA) is 118 Å². The fourth-order valence-electron chi connectivity index (χ4n) is 2.73. The number of anilines is 1. The molecule has 0 atom stereocenters. The van der Waals surface area contributed by atoms with E-state index in [0.29, 0.717) is 47.7 Å². The van der Waals surface area contributed by atoms with E-state index in [1.807, 2.05) is 0 Å². The molecule has 0 aliphatic heterocycles. The highest BCUT2D eigenvalue weighted by Gasteiger charge is 2.28. The van der Waals surface area contributed by atoms with Crippen molar-refractivity contribution in [3.05, 3.63) is 41.7 Å². The molecule has 2 aromatic heterocycles. The Labute approximate surface area is 148 Å². The number of nitrogens with one attached hydrogen (secondary N) is 1. The predicted octanol–water partition coefficient (Wildman–Crippen LogP) is 3.35. The third-order valence-corrected chi connectivity index (χ3v) is 4.23. The number of furan rings is 1. The fourth-order valence-corrected chi connectivity index (χ4v) is 2.73. The van der Waals surface area contributed by atoms with Crippen molar-refractivity contribution in [2.45, 2.75) is 38.0 Å². The van der Waals surface area contributed by atoms with Gasteiger partial charge in [0.2, 0.25) is 17.6 Å². The van der Waals surface area contributed by atoms with Crippen LogP contribution in [0.5, 0.6) is 0 Å². The lowest BCUT2D eigenvalue weighted by Gasteiger charge is -2.04. The van der Waals surface area contributed by atoms with E-state index >= 15 is 0 Å². The first kappa shape index (κ1) is 16.3. The number of fused-ring (bicyclic) bond motifs is 1. The number of benzene rings is 1. The van der Waals surface area contributed by atoms with E-state index in [4.69, 9.17) is 14.0 Å². The second-order valence-electron chi connectivity index (χ2n) is 6.39. The van der Waals surface area contributed by atoms with Crippen LogP contribution in [0.15, 0.2) is 33.2 Å². The smallest absolute Gasteiger partial charge is 0.371 e. The summed E-state index contributed by atoms with van der Waals surface area (Å²) in [5.74, 6) is 0.411. The maximum absolute atomic E-state index is 12.1. The Morgan fingerprint density at radius 2 is 2.12 bits per heavy atom. The van der Waals surface area contributed by atoms with Crippen LogP contribution in [0.3, 0.4) is 0 Å². The summed E-state index contributed by atoms with van der Waals surface area (Å²) in [6, 6.07) is 6.42. The van der Waals surface area contributed by atoms with Crippen LogP contribution < -0.4 is 5.32 Å². The van der Waals surface area contributed by atoms with Gasteiger partial charge in [-0.25, -0.2) is 4.79 Å². The average molecular weight is 355 g/mol. The Hall–Kier alpha value is -3.16. The van der Waals surface area contributed by atoms with Crippen LogP contribution in [0.25, 0.3) is 11.0 Å². The third kappa shape index (κ3) is 3.58. The number of aromatic carboxylic acids is 1. The fraction of sp³-hybridized carbons (Fsp3) is 0.333. The summed E-state index contributed by atoms with van der Waals surface area (Å²) in [6.07, 6.45) is 3.74. The van der Waals surface area contributed by atoms with Crippen molar-refractivity contribution >= 4 is 28.5 Å². The molecule has 0 spiro atoms. The Morgan fingerprint density at radius 3 is 2.88 bits per heavy atom. The Balaban J connectivity index is 1.30. The first-order valence-electron chi connectivity index (χ1n) is 8.48. The molecule has 8 heteroatoms. The maximum Gasteiger partial charge on any atom is 0.371 e. The molecule has 1 amide bonds. The molecule has 0 radical (unpaired) electrons. The molecule has 1 aromatic carbocycles. The van der Waals surface area contributed by atoms with Crippen molar-refractivity contribution < 1.29 is 23.6 Å². The van der Waals surface area contributed by atoms with Gasteiger partial charge in [0, 0.05) is 29.8 Å². The number of hydrogen-bond acceptors (Lipinski definition) is 6. The first-order chi connectivity index (χ1) is 12.6. The molecular weight excluding hydrogens is 338 g/mol. The molecule has 1 fully saturated rings. The summed E-state index contributed by atoms with van der Waals surface area (Å²) in [7, 11) is 0.